The first kappa shape index (κ1) is 11.4. The molecule has 15 heavy (non-hydrogen) atoms. The van der Waals surface area contributed by atoms with Crippen molar-refractivity contribution in [1.29, 1.82) is 0 Å². The van der Waals surface area contributed by atoms with Crippen LogP contribution in [0.3, 0.4) is 0 Å². The van der Waals surface area contributed by atoms with E-state index in [0.717, 1.165) is 25.7 Å². The second kappa shape index (κ2) is 5.83. The summed E-state index contributed by atoms with van der Waals surface area (Å²) in [5.74, 6) is 0.984. The van der Waals surface area contributed by atoms with Gasteiger partial charge in [0.1, 0.15) is 0 Å². The van der Waals surface area contributed by atoms with E-state index in [0.29, 0.717) is 0 Å². The predicted octanol–water partition coefficient (Wildman–Crippen LogP) is 0.971. The van der Waals surface area contributed by atoms with E-state index < -0.39 is 0 Å². The highest BCUT2D eigenvalue weighted by Gasteiger charge is 2.18. The quantitative estimate of drug-likeness (QED) is 0.747. The predicted molar refractivity (Wildman–Crippen MR) is 63.9 cm³/mol. The molecule has 0 aromatic carbocycles. The molecule has 0 amide bonds. The van der Waals surface area contributed by atoms with Crippen LogP contribution in [-0.2, 0) is 0 Å². The average molecular weight is 211 g/mol. The maximum atomic E-state index is 3.40. The molecule has 1 aliphatic heterocycles. The molecule has 1 saturated carbocycles. The van der Waals surface area contributed by atoms with Crippen molar-refractivity contribution in [3.63, 3.8) is 0 Å². The van der Waals surface area contributed by atoms with Crippen LogP contribution in [0, 0.1) is 5.92 Å². The van der Waals surface area contributed by atoms with Crippen LogP contribution in [0.4, 0.5) is 0 Å². The first-order valence-electron chi connectivity index (χ1n) is 6.46. The molecule has 3 heteroatoms. The Morgan fingerprint density at radius 1 is 1.20 bits per heavy atom. The summed E-state index contributed by atoms with van der Waals surface area (Å²) in [7, 11) is 2.28. The second-order valence-electron chi connectivity index (χ2n) is 5.20. The van der Waals surface area contributed by atoms with Gasteiger partial charge in [-0.3, -0.25) is 9.80 Å². The third kappa shape index (κ3) is 3.74. The van der Waals surface area contributed by atoms with E-state index in [1.54, 1.807) is 0 Å². The second-order valence-corrected chi connectivity index (χ2v) is 5.20. The summed E-state index contributed by atoms with van der Waals surface area (Å²) in [5.41, 5.74) is 0. The van der Waals surface area contributed by atoms with Gasteiger partial charge in [-0.05, 0) is 25.8 Å². The van der Waals surface area contributed by atoms with Gasteiger partial charge in [0, 0.05) is 32.7 Å². The molecular weight excluding hydrogens is 186 g/mol. The summed E-state index contributed by atoms with van der Waals surface area (Å²) in [5, 5.41) is 3.40. The van der Waals surface area contributed by atoms with E-state index in [9.17, 15) is 0 Å². The van der Waals surface area contributed by atoms with E-state index in [1.807, 2.05) is 0 Å². The Morgan fingerprint density at radius 3 is 2.53 bits per heavy atom. The molecule has 1 heterocycles. The van der Waals surface area contributed by atoms with Gasteiger partial charge in [-0.2, -0.15) is 0 Å². The SMILES string of the molecule is CN(CC1CCCC1)CN1CCNCC1. The van der Waals surface area contributed by atoms with Crippen molar-refractivity contribution in [2.45, 2.75) is 25.7 Å². The molecule has 3 nitrogen and oxygen atoms in total. The molecule has 0 aromatic heterocycles. The zero-order valence-corrected chi connectivity index (χ0v) is 10.0. The maximum Gasteiger partial charge on any atom is 0.0504 e. The van der Waals surface area contributed by atoms with Crippen molar-refractivity contribution < 1.29 is 0 Å². The normalized spacial score (nSPS) is 25.2. The van der Waals surface area contributed by atoms with E-state index in [-0.39, 0.29) is 0 Å². The topological polar surface area (TPSA) is 18.5 Å². The van der Waals surface area contributed by atoms with Gasteiger partial charge in [0.25, 0.3) is 0 Å². The number of hydrogen-bond acceptors (Lipinski definition) is 3. The molecule has 0 bridgehead atoms. The van der Waals surface area contributed by atoms with Crippen LogP contribution in [0.25, 0.3) is 0 Å². The molecule has 88 valence electrons. The van der Waals surface area contributed by atoms with Gasteiger partial charge in [-0.15, -0.1) is 0 Å². The Labute approximate surface area is 93.8 Å². The van der Waals surface area contributed by atoms with Gasteiger partial charge in [-0.1, -0.05) is 12.8 Å². The van der Waals surface area contributed by atoms with Crippen molar-refractivity contribution >= 4 is 0 Å². The fourth-order valence-corrected chi connectivity index (χ4v) is 2.89. The Morgan fingerprint density at radius 2 is 1.87 bits per heavy atom. The van der Waals surface area contributed by atoms with Gasteiger partial charge < -0.3 is 5.32 Å². The van der Waals surface area contributed by atoms with Crippen LogP contribution < -0.4 is 5.32 Å². The molecule has 0 radical (unpaired) electrons. The highest BCUT2D eigenvalue weighted by Crippen LogP contribution is 2.25. The lowest BCUT2D eigenvalue weighted by Crippen LogP contribution is -2.48. The lowest BCUT2D eigenvalue weighted by Gasteiger charge is -2.32. The smallest absolute Gasteiger partial charge is 0.0504 e. The zero-order valence-electron chi connectivity index (χ0n) is 10.0. The third-order valence-electron chi connectivity index (χ3n) is 3.70. The van der Waals surface area contributed by atoms with Gasteiger partial charge in [-0.25, -0.2) is 0 Å². The summed E-state index contributed by atoms with van der Waals surface area (Å²) >= 11 is 0. The molecule has 0 spiro atoms. The monoisotopic (exact) mass is 211 g/mol. The molecule has 2 rings (SSSR count). The van der Waals surface area contributed by atoms with Crippen LogP contribution >= 0.6 is 0 Å². The lowest BCUT2D eigenvalue weighted by atomic mass is 10.1. The summed E-state index contributed by atoms with van der Waals surface area (Å²) in [6.45, 7) is 7.24. The standard InChI is InChI=1S/C12H25N3/c1-14(10-12-4-2-3-5-12)11-15-8-6-13-7-9-15/h12-13H,2-11H2,1H3. The molecular formula is C12H25N3. The Balaban J connectivity index is 1.64. The first-order valence-corrected chi connectivity index (χ1v) is 6.46. The van der Waals surface area contributed by atoms with Gasteiger partial charge in [0.2, 0.25) is 0 Å². The van der Waals surface area contributed by atoms with Crippen molar-refractivity contribution in [3.8, 4) is 0 Å². The van der Waals surface area contributed by atoms with Gasteiger partial charge in [0.15, 0.2) is 0 Å². The summed E-state index contributed by atoms with van der Waals surface area (Å²) in [6, 6.07) is 0. The highest BCUT2D eigenvalue weighted by molar-refractivity contribution is 4.72. The van der Waals surface area contributed by atoms with Crippen molar-refractivity contribution in [2.75, 3.05) is 46.4 Å². The number of rotatable bonds is 4. The Kier molecular flexibility index (Phi) is 4.42. The minimum absolute atomic E-state index is 0.984. The molecule has 0 atom stereocenters. The minimum atomic E-state index is 0.984. The summed E-state index contributed by atoms with van der Waals surface area (Å²) in [4.78, 5) is 5.08. The van der Waals surface area contributed by atoms with E-state index in [2.05, 4.69) is 22.2 Å². The van der Waals surface area contributed by atoms with Crippen LogP contribution in [0.2, 0.25) is 0 Å². The number of piperazine rings is 1. The first-order chi connectivity index (χ1) is 7.34. The lowest BCUT2D eigenvalue weighted by molar-refractivity contribution is 0.127. The molecule has 1 saturated heterocycles. The largest absolute Gasteiger partial charge is 0.314 e. The highest BCUT2D eigenvalue weighted by atomic mass is 15.3. The maximum absolute atomic E-state index is 3.40. The molecule has 2 fully saturated rings. The van der Waals surface area contributed by atoms with E-state index in [4.69, 9.17) is 0 Å². The fourth-order valence-electron chi connectivity index (χ4n) is 2.89. The fraction of sp³-hybridized carbons (Fsp3) is 1.00. The van der Waals surface area contributed by atoms with Crippen LogP contribution in [0.5, 0.6) is 0 Å². The van der Waals surface area contributed by atoms with Gasteiger partial charge >= 0.3 is 0 Å². The molecule has 1 aliphatic carbocycles. The Hall–Kier alpha value is -0.120. The minimum Gasteiger partial charge on any atom is -0.314 e. The van der Waals surface area contributed by atoms with Crippen molar-refractivity contribution in [2.24, 2.45) is 5.92 Å². The number of nitrogens with one attached hydrogen (secondary N) is 1. The van der Waals surface area contributed by atoms with Crippen LogP contribution in [-0.4, -0.2) is 56.2 Å². The summed E-state index contributed by atoms with van der Waals surface area (Å²) in [6.07, 6.45) is 5.86. The van der Waals surface area contributed by atoms with Crippen molar-refractivity contribution in [1.82, 2.24) is 15.1 Å². The third-order valence-corrected chi connectivity index (χ3v) is 3.70. The average Bonchev–Trinajstić information content (AvgIpc) is 2.71. The molecule has 2 aliphatic rings. The molecule has 0 unspecified atom stereocenters. The van der Waals surface area contributed by atoms with Gasteiger partial charge in [0.05, 0.1) is 6.67 Å². The van der Waals surface area contributed by atoms with E-state index in [1.165, 1.54) is 45.3 Å². The van der Waals surface area contributed by atoms with Crippen LogP contribution in [0.1, 0.15) is 25.7 Å². The Bertz CT molecular complexity index is 172. The van der Waals surface area contributed by atoms with Crippen molar-refractivity contribution in [3.05, 3.63) is 0 Å². The van der Waals surface area contributed by atoms with Crippen LogP contribution in [0.15, 0.2) is 0 Å². The molecule has 1 N–H and O–H groups in total. The summed E-state index contributed by atoms with van der Waals surface area (Å²) < 4.78 is 0. The molecule has 0 aromatic rings. The van der Waals surface area contributed by atoms with E-state index >= 15 is 0 Å². The number of nitrogens with zero attached hydrogens (tertiary/aromatic N) is 2. The zero-order chi connectivity index (χ0) is 10.5. The number of hydrogen-bond donors (Lipinski definition) is 1.